The van der Waals surface area contributed by atoms with Crippen LogP contribution in [0.25, 0.3) is 0 Å². The molecule has 0 saturated carbocycles. The van der Waals surface area contributed by atoms with Crippen LogP contribution in [0.3, 0.4) is 0 Å². The maximum absolute atomic E-state index is 12.5. The number of aliphatic hydroxyl groups excluding tert-OH is 14. The molecule has 4 saturated heterocycles. The van der Waals surface area contributed by atoms with E-state index in [0.717, 1.165) is 6.92 Å². The first-order chi connectivity index (χ1) is 23.2. The summed E-state index contributed by atoms with van der Waals surface area (Å²) in [5.74, 6) is -9.18. The molecule has 0 aromatic rings. The number of rotatable bonds is 9. The van der Waals surface area contributed by atoms with E-state index in [1.54, 1.807) is 0 Å². The standard InChI is InChI=1S/C26H45NO23/c1-6(32)27-18-13(36)10(33)7(2-28)48-25(18,44)23(5-31)24(43,26(45)20(41)14(37)11(34)8(3-29)49-26)19(40)16(39)22(50-23)47-17-9(4-30)46-21(42)15(38)12(17)35/h7-22,28-31,33-45H,2-5H2,1H3,(H,27,32)/t7-,8?,9-,10+,11?,12-,13+,14?,15-,16-,17-,18-,19+,20?,21-,22+,23-,24-,25?,26?/m1/s1. The van der Waals surface area contributed by atoms with Crippen LogP contribution in [0.4, 0.5) is 0 Å². The van der Waals surface area contributed by atoms with Gasteiger partial charge in [0, 0.05) is 6.92 Å². The van der Waals surface area contributed by atoms with Gasteiger partial charge in [-0.15, -0.1) is 0 Å². The molecule has 6 unspecified atom stereocenters. The fraction of sp³-hybridized carbons (Fsp3) is 0.962. The van der Waals surface area contributed by atoms with Gasteiger partial charge in [0.15, 0.2) is 23.8 Å². The molecule has 0 bridgehead atoms. The van der Waals surface area contributed by atoms with E-state index >= 15 is 0 Å². The Hall–Kier alpha value is -1.41. The Morgan fingerprint density at radius 1 is 0.640 bits per heavy atom. The zero-order chi connectivity index (χ0) is 37.9. The highest BCUT2D eigenvalue weighted by atomic mass is 16.8. The Bertz CT molecular complexity index is 1180. The van der Waals surface area contributed by atoms with Crippen LogP contribution in [0.1, 0.15) is 6.92 Å². The van der Waals surface area contributed by atoms with E-state index < -0.39 is 153 Å². The molecule has 4 rings (SSSR count). The molecular formula is C26H45NO23. The molecule has 18 N–H and O–H groups in total. The van der Waals surface area contributed by atoms with E-state index in [2.05, 4.69) is 0 Å². The zero-order valence-corrected chi connectivity index (χ0v) is 26.1. The number of amides is 1. The van der Waals surface area contributed by atoms with Crippen LogP contribution in [-0.2, 0) is 28.5 Å². The van der Waals surface area contributed by atoms with Gasteiger partial charge in [-0.3, -0.25) is 4.79 Å². The zero-order valence-electron chi connectivity index (χ0n) is 26.1. The molecule has 292 valence electrons. The van der Waals surface area contributed by atoms with Crippen molar-refractivity contribution in [3.63, 3.8) is 0 Å². The van der Waals surface area contributed by atoms with Gasteiger partial charge in [0.25, 0.3) is 0 Å². The van der Waals surface area contributed by atoms with E-state index in [1.807, 2.05) is 5.32 Å². The van der Waals surface area contributed by atoms with Crippen molar-refractivity contribution >= 4 is 5.91 Å². The van der Waals surface area contributed by atoms with Gasteiger partial charge in [-0.25, -0.2) is 0 Å². The summed E-state index contributed by atoms with van der Waals surface area (Å²) in [6.45, 7) is -4.91. The highest BCUT2D eigenvalue weighted by Crippen LogP contribution is 2.56. The summed E-state index contributed by atoms with van der Waals surface area (Å²) < 4.78 is 26.7. The summed E-state index contributed by atoms with van der Waals surface area (Å²) >= 11 is 0. The Labute approximate surface area is 281 Å². The van der Waals surface area contributed by atoms with Gasteiger partial charge in [-0.05, 0) is 0 Å². The lowest BCUT2D eigenvalue weighted by molar-refractivity contribution is -0.520. The van der Waals surface area contributed by atoms with Crippen molar-refractivity contribution < 1.29 is 115 Å². The van der Waals surface area contributed by atoms with Crippen LogP contribution in [0.2, 0.25) is 0 Å². The second kappa shape index (κ2) is 14.8. The van der Waals surface area contributed by atoms with Crippen molar-refractivity contribution in [3.8, 4) is 0 Å². The minimum Gasteiger partial charge on any atom is -0.394 e. The van der Waals surface area contributed by atoms with Gasteiger partial charge in [0.1, 0.15) is 85.4 Å². The molecule has 1 amide bonds. The van der Waals surface area contributed by atoms with Crippen LogP contribution in [0, 0.1) is 0 Å². The molecule has 4 aliphatic heterocycles. The summed E-state index contributed by atoms with van der Waals surface area (Å²) in [6, 6.07) is -2.56. The highest BCUT2D eigenvalue weighted by molar-refractivity contribution is 5.73. The van der Waals surface area contributed by atoms with Crippen LogP contribution >= 0.6 is 0 Å². The predicted octanol–water partition coefficient (Wildman–Crippen LogP) is -12.2. The Morgan fingerprint density at radius 3 is 1.66 bits per heavy atom. The van der Waals surface area contributed by atoms with Crippen molar-refractivity contribution in [1.82, 2.24) is 5.32 Å². The lowest BCUT2D eigenvalue weighted by Gasteiger charge is -2.67. The monoisotopic (exact) mass is 739 g/mol. The molecule has 50 heavy (non-hydrogen) atoms. The largest absolute Gasteiger partial charge is 0.394 e. The topological polar surface area (TPSA) is 419 Å². The minimum absolute atomic E-state index is 0.798. The summed E-state index contributed by atoms with van der Waals surface area (Å²) in [6.07, 6.45) is -35.9. The van der Waals surface area contributed by atoms with Gasteiger partial charge in [0.05, 0.1) is 26.4 Å². The maximum atomic E-state index is 12.5. The Morgan fingerprint density at radius 2 is 1.16 bits per heavy atom. The number of nitrogens with one attached hydrogen (secondary N) is 1. The van der Waals surface area contributed by atoms with Crippen LogP contribution in [-0.4, -0.2) is 240 Å². The lowest BCUT2D eigenvalue weighted by Crippen LogP contribution is -2.94. The normalized spacial score (nSPS) is 54.7. The van der Waals surface area contributed by atoms with Gasteiger partial charge >= 0.3 is 0 Å². The van der Waals surface area contributed by atoms with Crippen molar-refractivity contribution in [2.75, 3.05) is 26.4 Å². The number of carbonyl (C=O) groups is 1. The first-order valence-electron chi connectivity index (χ1n) is 15.2. The fourth-order valence-electron chi connectivity index (χ4n) is 7.01. The predicted molar refractivity (Wildman–Crippen MR) is 148 cm³/mol. The van der Waals surface area contributed by atoms with E-state index in [-0.39, 0.29) is 0 Å². The van der Waals surface area contributed by atoms with E-state index in [9.17, 15) is 91.6 Å². The van der Waals surface area contributed by atoms with Crippen LogP contribution < -0.4 is 5.32 Å². The molecule has 24 heteroatoms. The third-order valence-electron chi connectivity index (χ3n) is 9.77. The van der Waals surface area contributed by atoms with E-state index in [4.69, 9.17) is 23.7 Å². The number of aliphatic hydroxyl groups is 17. The number of hydrogen-bond donors (Lipinski definition) is 18. The molecule has 4 heterocycles. The SMILES string of the molecule is CC(=O)N[C@@H]1[C@@H](O)[C@@H](O)[C@@H](CO)OC1(O)[C@]1(CO)O[C@H](O[C@H]2[C@H](O)[C@@H](O)[C@H](O)O[C@@H]2CO)[C@H](O)[C@H](O)[C@]1(O)C1(O)OC(CO)C(O)C(O)C1O. The van der Waals surface area contributed by atoms with Crippen molar-refractivity contribution in [1.29, 1.82) is 0 Å². The minimum atomic E-state index is -4.29. The highest BCUT2D eigenvalue weighted by Gasteiger charge is 2.85. The summed E-state index contributed by atoms with van der Waals surface area (Å²) in [5, 5.41) is 187. The summed E-state index contributed by atoms with van der Waals surface area (Å²) in [4.78, 5) is 12.3. The maximum Gasteiger partial charge on any atom is 0.231 e. The van der Waals surface area contributed by atoms with Gasteiger partial charge in [0.2, 0.25) is 17.5 Å². The van der Waals surface area contributed by atoms with Crippen molar-refractivity contribution in [3.05, 3.63) is 0 Å². The molecule has 4 aliphatic rings. The second-order valence-electron chi connectivity index (χ2n) is 12.7. The third-order valence-corrected chi connectivity index (χ3v) is 9.77. The molecule has 20 atom stereocenters. The number of ether oxygens (including phenoxy) is 5. The summed E-state index contributed by atoms with van der Waals surface area (Å²) in [5.41, 5.74) is -8.25. The lowest BCUT2D eigenvalue weighted by atomic mass is 9.60. The van der Waals surface area contributed by atoms with Crippen LogP contribution in [0.15, 0.2) is 0 Å². The smallest absolute Gasteiger partial charge is 0.231 e. The molecule has 4 fully saturated rings. The molecule has 0 spiro atoms. The average Bonchev–Trinajstić information content (AvgIpc) is 3.08. The number of hydrogen-bond acceptors (Lipinski definition) is 23. The molecular weight excluding hydrogens is 694 g/mol. The first-order valence-corrected chi connectivity index (χ1v) is 15.2. The van der Waals surface area contributed by atoms with E-state index in [1.165, 1.54) is 0 Å². The van der Waals surface area contributed by atoms with Crippen LogP contribution in [0.5, 0.6) is 0 Å². The second-order valence-corrected chi connectivity index (χ2v) is 12.7. The fourth-order valence-corrected chi connectivity index (χ4v) is 7.01. The molecule has 24 nitrogen and oxygen atoms in total. The quantitative estimate of drug-likeness (QED) is 0.104. The molecule has 0 radical (unpaired) electrons. The molecule has 0 aromatic carbocycles. The average molecular weight is 740 g/mol. The van der Waals surface area contributed by atoms with Gasteiger partial charge < -0.3 is 116 Å². The number of carbonyl (C=O) groups excluding carboxylic acids is 1. The van der Waals surface area contributed by atoms with Crippen molar-refractivity contribution in [2.45, 2.75) is 128 Å². The Kier molecular flexibility index (Phi) is 12.2. The molecule has 0 aliphatic carbocycles. The van der Waals surface area contributed by atoms with E-state index in [0.29, 0.717) is 0 Å². The Balaban J connectivity index is 2.01. The first kappa shape index (κ1) is 41.3. The molecule has 0 aromatic heterocycles. The van der Waals surface area contributed by atoms with Crippen molar-refractivity contribution in [2.24, 2.45) is 0 Å². The van der Waals surface area contributed by atoms with Gasteiger partial charge in [-0.1, -0.05) is 0 Å². The summed E-state index contributed by atoms with van der Waals surface area (Å²) in [7, 11) is 0. The third kappa shape index (κ3) is 5.95. The van der Waals surface area contributed by atoms with Gasteiger partial charge in [-0.2, -0.15) is 0 Å².